The fourth-order valence-electron chi connectivity index (χ4n) is 4.90. The van der Waals surface area contributed by atoms with Crippen LogP contribution in [0.25, 0.3) is 11.1 Å². The number of nitrogens with one attached hydrogen (secondary N) is 2. The number of aromatic amines is 1. The highest BCUT2D eigenvalue weighted by Crippen LogP contribution is 2.36. The quantitative estimate of drug-likeness (QED) is 0.455. The van der Waals surface area contributed by atoms with Gasteiger partial charge >= 0.3 is 6.18 Å². The van der Waals surface area contributed by atoms with E-state index in [1.807, 2.05) is 35.8 Å². The molecule has 0 spiro atoms. The molecule has 4 heterocycles. The first kappa shape index (κ1) is 27.8. The van der Waals surface area contributed by atoms with Crippen molar-refractivity contribution in [1.29, 1.82) is 0 Å². The summed E-state index contributed by atoms with van der Waals surface area (Å²) in [6.45, 7) is 7.61. The largest absolute Gasteiger partial charge is 0.432 e. The third-order valence-corrected chi connectivity index (χ3v) is 7.39. The standard InChI is InChI=1S/C26H30F4N8O2/c1-15-13-38(14-16(2)36(15)3)22-9-19(27)18(17-11-31-25(32-12-17)37-4-6-40-7-5-37)8-20(22)33-24(39)21-10-23(35-34-21)26(28,29)30/h8-12,15-16H,4-7,13-14H2,1-3H3,(H,33,39)(H,34,35)/t15-,16+. The summed E-state index contributed by atoms with van der Waals surface area (Å²) in [4.78, 5) is 27.9. The summed E-state index contributed by atoms with van der Waals surface area (Å²) in [6.07, 6.45) is -1.67. The molecule has 2 saturated heterocycles. The minimum Gasteiger partial charge on any atom is -0.378 e. The van der Waals surface area contributed by atoms with Crippen molar-refractivity contribution in [2.75, 3.05) is 61.6 Å². The van der Waals surface area contributed by atoms with Crippen molar-refractivity contribution < 1.29 is 27.1 Å². The van der Waals surface area contributed by atoms with Crippen LogP contribution in [-0.2, 0) is 10.9 Å². The molecule has 0 radical (unpaired) electrons. The molecule has 5 rings (SSSR count). The van der Waals surface area contributed by atoms with Crippen molar-refractivity contribution in [3.8, 4) is 11.1 Å². The summed E-state index contributed by atoms with van der Waals surface area (Å²) in [5.41, 5.74) is -0.408. The number of ether oxygens (including phenoxy) is 1. The molecular weight excluding hydrogens is 532 g/mol. The van der Waals surface area contributed by atoms with E-state index in [4.69, 9.17) is 4.74 Å². The number of halogens is 4. The fraction of sp³-hybridized carbons (Fsp3) is 0.462. The van der Waals surface area contributed by atoms with Crippen LogP contribution >= 0.6 is 0 Å². The number of hydrogen-bond acceptors (Lipinski definition) is 8. The predicted molar refractivity (Wildman–Crippen MR) is 141 cm³/mol. The van der Waals surface area contributed by atoms with Gasteiger partial charge in [-0.1, -0.05) is 0 Å². The first-order valence-corrected chi connectivity index (χ1v) is 12.9. The highest BCUT2D eigenvalue weighted by Gasteiger charge is 2.34. The maximum Gasteiger partial charge on any atom is 0.432 e. The van der Waals surface area contributed by atoms with E-state index in [2.05, 4.69) is 25.3 Å². The van der Waals surface area contributed by atoms with Gasteiger partial charge in [-0.25, -0.2) is 14.4 Å². The summed E-state index contributed by atoms with van der Waals surface area (Å²) >= 11 is 0. The van der Waals surface area contributed by atoms with Gasteiger partial charge in [0.05, 0.1) is 24.6 Å². The molecular formula is C26H30F4N8O2. The van der Waals surface area contributed by atoms with E-state index in [0.717, 1.165) is 0 Å². The summed E-state index contributed by atoms with van der Waals surface area (Å²) in [5.74, 6) is -0.911. The van der Waals surface area contributed by atoms with Crippen molar-refractivity contribution in [3.63, 3.8) is 0 Å². The Hall–Kier alpha value is -3.78. The number of carbonyl (C=O) groups is 1. The lowest BCUT2D eigenvalue weighted by molar-refractivity contribution is -0.141. The summed E-state index contributed by atoms with van der Waals surface area (Å²) in [5, 5.41) is 8.02. The second-order valence-electron chi connectivity index (χ2n) is 10.1. The zero-order chi connectivity index (χ0) is 28.6. The van der Waals surface area contributed by atoms with Gasteiger partial charge in [-0.3, -0.25) is 14.8 Å². The average Bonchev–Trinajstić information content (AvgIpc) is 3.44. The monoisotopic (exact) mass is 562 g/mol. The number of hydrogen-bond donors (Lipinski definition) is 2. The van der Waals surface area contributed by atoms with Gasteiger partial charge < -0.3 is 19.9 Å². The minimum atomic E-state index is -4.68. The van der Waals surface area contributed by atoms with Gasteiger partial charge in [0.25, 0.3) is 5.91 Å². The van der Waals surface area contributed by atoms with Gasteiger partial charge in [0.2, 0.25) is 5.95 Å². The van der Waals surface area contributed by atoms with Gasteiger partial charge in [0.15, 0.2) is 5.69 Å². The maximum absolute atomic E-state index is 15.6. The van der Waals surface area contributed by atoms with Crippen molar-refractivity contribution in [3.05, 3.63) is 47.8 Å². The lowest BCUT2D eigenvalue weighted by Gasteiger charge is -2.44. The molecule has 1 amide bonds. The van der Waals surface area contributed by atoms with Gasteiger partial charge in [-0.2, -0.15) is 18.3 Å². The molecule has 2 aromatic heterocycles. The van der Waals surface area contributed by atoms with Crippen molar-refractivity contribution in [1.82, 2.24) is 25.1 Å². The summed E-state index contributed by atoms with van der Waals surface area (Å²) < 4.78 is 60.2. The van der Waals surface area contributed by atoms with E-state index in [9.17, 15) is 18.0 Å². The summed E-state index contributed by atoms with van der Waals surface area (Å²) in [7, 11) is 2.01. The van der Waals surface area contributed by atoms with Crippen molar-refractivity contribution in [2.45, 2.75) is 32.1 Å². The van der Waals surface area contributed by atoms with Crippen LogP contribution in [0.5, 0.6) is 0 Å². The molecule has 40 heavy (non-hydrogen) atoms. The molecule has 3 aromatic rings. The van der Waals surface area contributed by atoms with Crippen molar-refractivity contribution in [2.24, 2.45) is 0 Å². The minimum absolute atomic E-state index is 0.136. The van der Waals surface area contributed by atoms with Crippen LogP contribution in [0.2, 0.25) is 0 Å². The highest BCUT2D eigenvalue weighted by atomic mass is 19.4. The number of anilines is 3. The molecule has 214 valence electrons. The Bertz CT molecular complexity index is 1350. The van der Waals surface area contributed by atoms with E-state index < -0.39 is 29.3 Å². The Balaban J connectivity index is 1.49. The first-order valence-electron chi connectivity index (χ1n) is 12.9. The molecule has 0 bridgehead atoms. The molecule has 2 atom stereocenters. The number of amides is 1. The Morgan fingerprint density at radius 2 is 1.70 bits per heavy atom. The van der Waals surface area contributed by atoms with E-state index >= 15 is 4.39 Å². The predicted octanol–water partition coefficient (Wildman–Crippen LogP) is 3.64. The van der Waals surface area contributed by atoms with E-state index in [-0.39, 0.29) is 23.3 Å². The fourth-order valence-corrected chi connectivity index (χ4v) is 4.90. The molecule has 0 saturated carbocycles. The number of morpholine rings is 1. The number of nitrogens with zero attached hydrogens (tertiary/aromatic N) is 6. The first-order chi connectivity index (χ1) is 19.0. The number of H-pyrrole nitrogens is 1. The van der Waals surface area contributed by atoms with Crippen molar-refractivity contribution >= 4 is 23.2 Å². The molecule has 10 nitrogen and oxygen atoms in total. The highest BCUT2D eigenvalue weighted by molar-refractivity contribution is 6.05. The Kier molecular flexibility index (Phi) is 7.64. The molecule has 1 aromatic carbocycles. The van der Waals surface area contributed by atoms with Crippen LogP contribution in [0.4, 0.5) is 34.9 Å². The van der Waals surface area contributed by atoms with Gasteiger partial charge in [-0.15, -0.1) is 0 Å². The Morgan fingerprint density at radius 1 is 1.05 bits per heavy atom. The lowest BCUT2D eigenvalue weighted by Crippen LogP contribution is -2.55. The second-order valence-corrected chi connectivity index (χ2v) is 10.1. The molecule has 0 aliphatic carbocycles. The Labute approximate surface area is 228 Å². The van der Waals surface area contributed by atoms with Gasteiger partial charge in [-0.05, 0) is 33.0 Å². The van der Waals surface area contributed by atoms with Gasteiger partial charge in [0.1, 0.15) is 11.5 Å². The zero-order valence-electron chi connectivity index (χ0n) is 22.3. The van der Waals surface area contributed by atoms with E-state index in [1.165, 1.54) is 24.5 Å². The zero-order valence-corrected chi connectivity index (χ0v) is 22.3. The normalized spacial score (nSPS) is 20.6. The van der Waals surface area contributed by atoms with E-state index in [1.54, 1.807) is 0 Å². The number of alkyl halides is 3. The van der Waals surface area contributed by atoms with Crippen LogP contribution in [-0.4, -0.2) is 89.5 Å². The third-order valence-electron chi connectivity index (χ3n) is 7.39. The van der Waals surface area contributed by atoms with Crippen LogP contribution in [0, 0.1) is 5.82 Å². The van der Waals surface area contributed by atoms with Crippen LogP contribution in [0.15, 0.2) is 30.6 Å². The van der Waals surface area contributed by atoms with E-state index in [0.29, 0.717) is 62.7 Å². The number of piperazine rings is 1. The SMILES string of the molecule is C[C@@H]1CN(c2cc(F)c(-c3cnc(N4CCOCC4)nc3)cc2NC(=O)c2cc(C(F)(F)F)[nH]n2)C[C@H](C)N1C. The molecule has 14 heteroatoms. The number of likely N-dealkylation sites (N-methyl/N-ethyl adjacent to an activating group) is 1. The number of aromatic nitrogens is 4. The summed E-state index contributed by atoms with van der Waals surface area (Å²) in [6, 6.07) is 3.70. The van der Waals surface area contributed by atoms with Crippen LogP contribution in [0.1, 0.15) is 30.0 Å². The number of carbonyl (C=O) groups excluding carboxylic acids is 1. The number of rotatable bonds is 5. The average molecular weight is 563 g/mol. The number of benzene rings is 1. The Morgan fingerprint density at radius 3 is 2.30 bits per heavy atom. The smallest absolute Gasteiger partial charge is 0.378 e. The van der Waals surface area contributed by atoms with Crippen LogP contribution in [0.3, 0.4) is 0 Å². The van der Waals surface area contributed by atoms with Gasteiger partial charge in [0, 0.05) is 67.8 Å². The molecule has 2 fully saturated rings. The molecule has 2 N–H and O–H groups in total. The molecule has 0 unspecified atom stereocenters. The molecule has 2 aliphatic rings. The third kappa shape index (κ3) is 5.72. The lowest BCUT2D eigenvalue weighted by atomic mass is 10.0. The topological polar surface area (TPSA) is 103 Å². The molecule has 2 aliphatic heterocycles. The maximum atomic E-state index is 15.6. The second kappa shape index (κ2) is 11.0. The van der Waals surface area contributed by atoms with Crippen LogP contribution < -0.4 is 15.1 Å².